The van der Waals surface area contributed by atoms with Gasteiger partial charge in [0.2, 0.25) is 0 Å². The van der Waals surface area contributed by atoms with Gasteiger partial charge in [0.15, 0.2) is 0 Å². The van der Waals surface area contributed by atoms with Crippen molar-refractivity contribution in [3.05, 3.63) is 33.9 Å². The van der Waals surface area contributed by atoms with Gasteiger partial charge in [-0.05, 0) is 42.7 Å². The molecular weight excluding hydrogens is 228 g/mol. The van der Waals surface area contributed by atoms with Crippen LogP contribution in [0, 0.1) is 28.4 Å². The molecule has 0 atom stereocenters. The van der Waals surface area contributed by atoms with E-state index in [2.05, 4.69) is 19.2 Å². The number of benzene rings is 1. The molecule has 2 rings (SSSR count). The Bertz CT molecular complexity index is 465. The van der Waals surface area contributed by atoms with Crippen LogP contribution in [0.4, 0.5) is 11.4 Å². The first-order valence-corrected chi connectivity index (χ1v) is 6.43. The monoisotopic (exact) mass is 248 g/mol. The van der Waals surface area contributed by atoms with Crippen LogP contribution in [0.1, 0.15) is 32.3 Å². The second kappa shape index (κ2) is 4.59. The Hall–Kier alpha value is -1.58. The highest BCUT2D eigenvalue weighted by Crippen LogP contribution is 2.51. The third kappa shape index (κ3) is 2.63. The summed E-state index contributed by atoms with van der Waals surface area (Å²) in [6.45, 7) is 7.28. The van der Waals surface area contributed by atoms with Gasteiger partial charge in [-0.25, -0.2) is 0 Å². The van der Waals surface area contributed by atoms with Gasteiger partial charge in [0, 0.05) is 24.4 Å². The minimum atomic E-state index is -0.340. The number of hydrogen-bond donors (Lipinski definition) is 1. The molecule has 4 nitrogen and oxygen atoms in total. The lowest BCUT2D eigenvalue weighted by Crippen LogP contribution is -2.20. The van der Waals surface area contributed by atoms with E-state index in [0.717, 1.165) is 17.8 Å². The van der Waals surface area contributed by atoms with Crippen molar-refractivity contribution in [3.63, 3.8) is 0 Å². The molecule has 1 aromatic rings. The SMILES string of the molecule is Cc1cc(NCC2(C(C)C)CC2)cc([N+](=O)[O-])c1. The number of nitro benzene ring substituents is 1. The summed E-state index contributed by atoms with van der Waals surface area (Å²) < 4.78 is 0. The minimum Gasteiger partial charge on any atom is -0.384 e. The van der Waals surface area contributed by atoms with Crippen molar-refractivity contribution in [3.8, 4) is 0 Å². The van der Waals surface area contributed by atoms with Crippen LogP contribution in [0.5, 0.6) is 0 Å². The van der Waals surface area contributed by atoms with Crippen LogP contribution < -0.4 is 5.32 Å². The zero-order valence-electron chi connectivity index (χ0n) is 11.2. The molecule has 0 amide bonds. The molecule has 0 saturated heterocycles. The Morgan fingerprint density at radius 2 is 2.06 bits per heavy atom. The summed E-state index contributed by atoms with van der Waals surface area (Å²) in [5.41, 5.74) is 2.33. The fourth-order valence-electron chi connectivity index (χ4n) is 2.37. The highest BCUT2D eigenvalue weighted by atomic mass is 16.6. The van der Waals surface area contributed by atoms with E-state index >= 15 is 0 Å². The predicted molar refractivity (Wildman–Crippen MR) is 72.8 cm³/mol. The van der Waals surface area contributed by atoms with Gasteiger partial charge in [-0.2, -0.15) is 0 Å². The van der Waals surface area contributed by atoms with Crippen molar-refractivity contribution < 1.29 is 4.92 Å². The maximum Gasteiger partial charge on any atom is 0.271 e. The van der Waals surface area contributed by atoms with Crippen LogP contribution in [0.25, 0.3) is 0 Å². The molecule has 1 aromatic carbocycles. The lowest BCUT2D eigenvalue weighted by molar-refractivity contribution is -0.384. The van der Waals surface area contributed by atoms with Crippen molar-refractivity contribution in [2.24, 2.45) is 11.3 Å². The van der Waals surface area contributed by atoms with Gasteiger partial charge < -0.3 is 5.32 Å². The molecule has 0 heterocycles. The summed E-state index contributed by atoms with van der Waals surface area (Å²) in [6, 6.07) is 5.17. The summed E-state index contributed by atoms with van der Waals surface area (Å²) in [6.07, 6.45) is 2.51. The number of nitrogens with zero attached hydrogens (tertiary/aromatic N) is 1. The predicted octanol–water partition coefficient (Wildman–Crippen LogP) is 3.75. The van der Waals surface area contributed by atoms with E-state index in [1.54, 1.807) is 12.1 Å². The maximum atomic E-state index is 10.8. The Morgan fingerprint density at radius 1 is 1.39 bits per heavy atom. The van der Waals surface area contributed by atoms with Crippen molar-refractivity contribution in [1.82, 2.24) is 0 Å². The van der Waals surface area contributed by atoms with Gasteiger partial charge in [-0.15, -0.1) is 0 Å². The fourth-order valence-corrected chi connectivity index (χ4v) is 2.37. The molecule has 0 aliphatic heterocycles. The topological polar surface area (TPSA) is 55.2 Å². The van der Waals surface area contributed by atoms with Crippen LogP contribution >= 0.6 is 0 Å². The van der Waals surface area contributed by atoms with Gasteiger partial charge in [0.25, 0.3) is 5.69 Å². The number of hydrogen-bond acceptors (Lipinski definition) is 3. The quantitative estimate of drug-likeness (QED) is 0.637. The van der Waals surface area contributed by atoms with E-state index in [4.69, 9.17) is 0 Å². The standard InChI is InChI=1S/C14H20N2O2/c1-10(2)14(4-5-14)9-15-12-6-11(3)7-13(8-12)16(17)18/h6-8,10,15H,4-5,9H2,1-3H3. The van der Waals surface area contributed by atoms with Crippen LogP contribution in [-0.2, 0) is 0 Å². The third-order valence-corrected chi connectivity index (χ3v) is 4.03. The molecule has 1 aliphatic carbocycles. The van der Waals surface area contributed by atoms with Gasteiger partial charge in [0.1, 0.15) is 0 Å². The van der Waals surface area contributed by atoms with Gasteiger partial charge in [-0.1, -0.05) is 13.8 Å². The Balaban J connectivity index is 2.08. The Kier molecular flexibility index (Phi) is 3.28. The molecule has 1 saturated carbocycles. The normalized spacial score (nSPS) is 16.7. The van der Waals surface area contributed by atoms with Crippen LogP contribution in [0.15, 0.2) is 18.2 Å². The summed E-state index contributed by atoms with van der Waals surface area (Å²) in [5.74, 6) is 0.657. The van der Waals surface area contributed by atoms with E-state index in [-0.39, 0.29) is 10.6 Å². The molecular formula is C14H20N2O2. The van der Waals surface area contributed by atoms with Gasteiger partial charge in [0.05, 0.1) is 4.92 Å². The first kappa shape index (κ1) is 12.9. The molecule has 1 aliphatic rings. The van der Waals surface area contributed by atoms with E-state index in [1.165, 1.54) is 12.8 Å². The van der Waals surface area contributed by atoms with Crippen molar-refractivity contribution >= 4 is 11.4 Å². The number of rotatable bonds is 5. The Morgan fingerprint density at radius 3 is 2.56 bits per heavy atom. The third-order valence-electron chi connectivity index (χ3n) is 4.03. The van der Waals surface area contributed by atoms with E-state index in [1.807, 2.05) is 13.0 Å². The maximum absolute atomic E-state index is 10.8. The molecule has 18 heavy (non-hydrogen) atoms. The molecule has 98 valence electrons. The second-order valence-electron chi connectivity index (χ2n) is 5.68. The van der Waals surface area contributed by atoms with Crippen molar-refractivity contribution in [2.75, 3.05) is 11.9 Å². The molecule has 4 heteroatoms. The molecule has 0 aromatic heterocycles. The summed E-state index contributed by atoms with van der Waals surface area (Å²) in [5, 5.41) is 14.2. The zero-order chi connectivity index (χ0) is 13.3. The Labute approximate surface area is 108 Å². The fraction of sp³-hybridized carbons (Fsp3) is 0.571. The second-order valence-corrected chi connectivity index (χ2v) is 5.68. The molecule has 0 bridgehead atoms. The largest absolute Gasteiger partial charge is 0.384 e. The van der Waals surface area contributed by atoms with Crippen molar-refractivity contribution in [1.29, 1.82) is 0 Å². The average Bonchev–Trinajstić information content (AvgIpc) is 3.06. The van der Waals surface area contributed by atoms with Crippen LogP contribution in [0.3, 0.4) is 0 Å². The summed E-state index contributed by atoms with van der Waals surface area (Å²) >= 11 is 0. The van der Waals surface area contributed by atoms with E-state index in [0.29, 0.717) is 11.3 Å². The van der Waals surface area contributed by atoms with Crippen LogP contribution in [0.2, 0.25) is 0 Å². The molecule has 0 spiro atoms. The summed E-state index contributed by atoms with van der Waals surface area (Å²) in [7, 11) is 0. The molecule has 0 radical (unpaired) electrons. The lowest BCUT2D eigenvalue weighted by atomic mass is 9.92. The number of anilines is 1. The highest BCUT2D eigenvalue weighted by molar-refractivity contribution is 5.54. The van der Waals surface area contributed by atoms with Crippen LogP contribution in [-0.4, -0.2) is 11.5 Å². The van der Waals surface area contributed by atoms with E-state index in [9.17, 15) is 10.1 Å². The summed E-state index contributed by atoms with van der Waals surface area (Å²) in [4.78, 5) is 10.5. The number of nitrogens with one attached hydrogen (secondary N) is 1. The minimum absolute atomic E-state index is 0.159. The number of nitro groups is 1. The first-order valence-electron chi connectivity index (χ1n) is 6.43. The highest BCUT2D eigenvalue weighted by Gasteiger charge is 2.44. The van der Waals surface area contributed by atoms with E-state index < -0.39 is 0 Å². The average molecular weight is 248 g/mol. The van der Waals surface area contributed by atoms with Crippen molar-refractivity contribution in [2.45, 2.75) is 33.6 Å². The molecule has 1 N–H and O–H groups in total. The number of aryl methyl sites for hydroxylation is 1. The lowest BCUT2D eigenvalue weighted by Gasteiger charge is -2.20. The smallest absolute Gasteiger partial charge is 0.271 e. The molecule has 1 fully saturated rings. The van der Waals surface area contributed by atoms with Gasteiger partial charge >= 0.3 is 0 Å². The van der Waals surface area contributed by atoms with Gasteiger partial charge in [-0.3, -0.25) is 10.1 Å². The molecule has 0 unspecified atom stereocenters. The zero-order valence-corrected chi connectivity index (χ0v) is 11.2. The first-order chi connectivity index (χ1) is 8.43. The number of non-ortho nitro benzene ring substituents is 1.